The molecule has 1 atom stereocenters. The summed E-state index contributed by atoms with van der Waals surface area (Å²) in [5, 5.41) is 3.64. The van der Waals surface area contributed by atoms with Crippen LogP contribution >= 0.6 is 0 Å². The van der Waals surface area contributed by atoms with Crippen molar-refractivity contribution in [3.63, 3.8) is 0 Å². The summed E-state index contributed by atoms with van der Waals surface area (Å²) >= 11 is 0. The summed E-state index contributed by atoms with van der Waals surface area (Å²) in [4.78, 5) is 0. The molecule has 1 aliphatic carbocycles. The number of nitrogens with one attached hydrogen (secondary N) is 1. The van der Waals surface area contributed by atoms with Gasteiger partial charge in [0, 0.05) is 6.04 Å². The second kappa shape index (κ2) is 5.44. The molecule has 1 heteroatoms. The summed E-state index contributed by atoms with van der Waals surface area (Å²) in [6, 6.07) is 7.68. The van der Waals surface area contributed by atoms with Crippen LogP contribution in [0.3, 0.4) is 0 Å². The van der Waals surface area contributed by atoms with Crippen molar-refractivity contribution in [2.24, 2.45) is 5.41 Å². The Morgan fingerprint density at radius 3 is 2.56 bits per heavy atom. The maximum absolute atomic E-state index is 3.64. The molecule has 0 bridgehead atoms. The first-order valence-electron chi connectivity index (χ1n) is 7.34. The molecule has 1 aromatic rings. The Balaban J connectivity index is 2.11. The van der Waals surface area contributed by atoms with Crippen LogP contribution in [0.4, 0.5) is 0 Å². The van der Waals surface area contributed by atoms with Gasteiger partial charge in [-0.25, -0.2) is 0 Å². The Hall–Kier alpha value is -0.820. The molecule has 0 spiro atoms. The van der Waals surface area contributed by atoms with E-state index >= 15 is 0 Å². The van der Waals surface area contributed by atoms with E-state index in [1.165, 1.54) is 24.8 Å². The lowest BCUT2D eigenvalue weighted by atomic mass is 9.82. The Bertz CT molecular complexity index is 401. The van der Waals surface area contributed by atoms with Gasteiger partial charge in [-0.2, -0.15) is 0 Å². The van der Waals surface area contributed by atoms with Crippen LogP contribution in [-0.2, 0) is 19.3 Å². The van der Waals surface area contributed by atoms with Crippen LogP contribution in [0.1, 0.15) is 50.8 Å². The van der Waals surface area contributed by atoms with Crippen LogP contribution in [0.25, 0.3) is 0 Å². The molecular formula is C17H27N. The monoisotopic (exact) mass is 245 g/mol. The molecule has 1 unspecified atom stereocenters. The molecule has 0 fully saturated rings. The van der Waals surface area contributed by atoms with Crippen molar-refractivity contribution < 1.29 is 0 Å². The van der Waals surface area contributed by atoms with Crippen LogP contribution in [0.5, 0.6) is 0 Å². The van der Waals surface area contributed by atoms with Gasteiger partial charge < -0.3 is 5.32 Å². The second-order valence-corrected chi connectivity index (χ2v) is 6.64. The first-order valence-corrected chi connectivity index (χ1v) is 7.34. The molecule has 2 rings (SSSR count). The predicted molar refractivity (Wildman–Crippen MR) is 79.1 cm³/mol. The summed E-state index contributed by atoms with van der Waals surface area (Å²) in [5.74, 6) is 0. The third-order valence-corrected chi connectivity index (χ3v) is 4.10. The Kier molecular flexibility index (Phi) is 4.11. The molecule has 18 heavy (non-hydrogen) atoms. The SMILES string of the molecule is CCNC(Cc1ccc2c(c1)CCC2)C(C)(C)C. The highest BCUT2D eigenvalue weighted by atomic mass is 14.9. The summed E-state index contributed by atoms with van der Waals surface area (Å²) in [6.45, 7) is 10.2. The lowest BCUT2D eigenvalue weighted by Crippen LogP contribution is -2.41. The summed E-state index contributed by atoms with van der Waals surface area (Å²) in [7, 11) is 0. The minimum atomic E-state index is 0.315. The van der Waals surface area contributed by atoms with Crippen molar-refractivity contribution in [2.75, 3.05) is 6.54 Å². The molecule has 1 aliphatic rings. The van der Waals surface area contributed by atoms with Crippen LogP contribution < -0.4 is 5.32 Å². The fourth-order valence-corrected chi connectivity index (χ4v) is 2.92. The lowest BCUT2D eigenvalue weighted by molar-refractivity contribution is 0.270. The molecule has 0 aliphatic heterocycles. The first kappa shape index (κ1) is 13.6. The topological polar surface area (TPSA) is 12.0 Å². The number of likely N-dealkylation sites (N-methyl/N-ethyl adjacent to an activating group) is 1. The molecule has 1 N–H and O–H groups in total. The highest BCUT2D eigenvalue weighted by molar-refractivity contribution is 5.35. The van der Waals surface area contributed by atoms with E-state index in [9.17, 15) is 0 Å². The zero-order chi connectivity index (χ0) is 13.2. The number of rotatable bonds is 4. The average Bonchev–Trinajstić information content (AvgIpc) is 2.74. The van der Waals surface area contributed by atoms with E-state index in [0.717, 1.165) is 13.0 Å². The van der Waals surface area contributed by atoms with Crippen molar-refractivity contribution in [3.05, 3.63) is 34.9 Å². The van der Waals surface area contributed by atoms with Gasteiger partial charge in [-0.15, -0.1) is 0 Å². The maximum Gasteiger partial charge on any atom is 0.0156 e. The maximum atomic E-state index is 3.64. The van der Waals surface area contributed by atoms with Gasteiger partial charge in [0.15, 0.2) is 0 Å². The number of hydrogen-bond acceptors (Lipinski definition) is 1. The predicted octanol–water partition coefficient (Wildman–Crippen LogP) is 3.74. The van der Waals surface area contributed by atoms with E-state index in [1.54, 1.807) is 11.1 Å². The first-order chi connectivity index (χ1) is 8.50. The molecule has 0 radical (unpaired) electrons. The van der Waals surface area contributed by atoms with Crippen molar-refractivity contribution in [3.8, 4) is 0 Å². The van der Waals surface area contributed by atoms with Gasteiger partial charge in [0.1, 0.15) is 0 Å². The van der Waals surface area contributed by atoms with Crippen LogP contribution in [0.15, 0.2) is 18.2 Å². The minimum Gasteiger partial charge on any atom is -0.313 e. The van der Waals surface area contributed by atoms with E-state index < -0.39 is 0 Å². The molecular weight excluding hydrogens is 218 g/mol. The molecule has 1 nitrogen and oxygen atoms in total. The van der Waals surface area contributed by atoms with Gasteiger partial charge in [0.2, 0.25) is 0 Å². The van der Waals surface area contributed by atoms with Gasteiger partial charge >= 0.3 is 0 Å². The van der Waals surface area contributed by atoms with Gasteiger partial charge in [-0.3, -0.25) is 0 Å². The van der Waals surface area contributed by atoms with Gasteiger partial charge in [0.05, 0.1) is 0 Å². The largest absolute Gasteiger partial charge is 0.313 e. The summed E-state index contributed by atoms with van der Waals surface area (Å²) in [6.07, 6.45) is 5.05. The van der Waals surface area contributed by atoms with Crippen molar-refractivity contribution >= 4 is 0 Å². The van der Waals surface area contributed by atoms with Crippen molar-refractivity contribution in [1.82, 2.24) is 5.32 Å². The zero-order valence-electron chi connectivity index (χ0n) is 12.3. The van der Waals surface area contributed by atoms with Gasteiger partial charge in [-0.1, -0.05) is 45.9 Å². The third kappa shape index (κ3) is 3.14. The quantitative estimate of drug-likeness (QED) is 0.852. The molecule has 0 amide bonds. The van der Waals surface area contributed by atoms with Gasteiger partial charge in [-0.05, 0) is 54.3 Å². The number of aryl methyl sites for hydroxylation is 2. The highest BCUT2D eigenvalue weighted by Gasteiger charge is 2.24. The minimum absolute atomic E-state index is 0.315. The zero-order valence-corrected chi connectivity index (χ0v) is 12.3. The van der Waals surface area contributed by atoms with E-state index in [0.29, 0.717) is 11.5 Å². The van der Waals surface area contributed by atoms with Crippen molar-refractivity contribution in [2.45, 2.75) is 59.4 Å². The molecule has 1 aromatic carbocycles. The third-order valence-electron chi connectivity index (χ3n) is 4.10. The molecule has 0 heterocycles. The molecule has 0 saturated heterocycles. The summed E-state index contributed by atoms with van der Waals surface area (Å²) < 4.78 is 0. The second-order valence-electron chi connectivity index (χ2n) is 6.64. The summed E-state index contributed by atoms with van der Waals surface area (Å²) in [5.41, 5.74) is 4.98. The van der Waals surface area contributed by atoms with E-state index in [-0.39, 0.29) is 0 Å². The fraction of sp³-hybridized carbons (Fsp3) is 0.647. The smallest absolute Gasteiger partial charge is 0.0156 e. The lowest BCUT2D eigenvalue weighted by Gasteiger charge is -2.31. The van der Waals surface area contributed by atoms with Crippen LogP contribution in [-0.4, -0.2) is 12.6 Å². The average molecular weight is 245 g/mol. The number of fused-ring (bicyclic) bond motifs is 1. The molecule has 0 saturated carbocycles. The number of benzene rings is 1. The highest BCUT2D eigenvalue weighted by Crippen LogP contribution is 2.26. The Labute approximate surface area is 112 Å². The molecule has 0 aromatic heterocycles. The van der Waals surface area contributed by atoms with Crippen molar-refractivity contribution in [1.29, 1.82) is 0 Å². The van der Waals surface area contributed by atoms with E-state index in [2.05, 4.69) is 51.2 Å². The normalized spacial score (nSPS) is 16.7. The van der Waals surface area contributed by atoms with Gasteiger partial charge in [0.25, 0.3) is 0 Å². The van der Waals surface area contributed by atoms with Crippen LogP contribution in [0.2, 0.25) is 0 Å². The fourth-order valence-electron chi connectivity index (χ4n) is 2.92. The Morgan fingerprint density at radius 2 is 1.89 bits per heavy atom. The van der Waals surface area contributed by atoms with E-state index in [4.69, 9.17) is 0 Å². The van der Waals surface area contributed by atoms with E-state index in [1.807, 2.05) is 0 Å². The molecule has 100 valence electrons. The number of hydrogen-bond donors (Lipinski definition) is 1. The Morgan fingerprint density at radius 1 is 1.17 bits per heavy atom. The van der Waals surface area contributed by atoms with Crippen LogP contribution in [0, 0.1) is 5.41 Å². The standard InChI is InChI=1S/C17H27N/c1-5-18-16(17(2,3)4)12-13-9-10-14-7-6-8-15(14)11-13/h9-11,16,18H,5-8,12H2,1-4H3.